The molecular weight excluding hydrogens is 414 g/mol. The number of nitrogens with zero attached hydrogens (tertiary/aromatic N) is 3. The topological polar surface area (TPSA) is 97.2 Å². The molecule has 1 fully saturated rings. The van der Waals surface area contributed by atoms with Crippen molar-refractivity contribution in [1.29, 1.82) is 0 Å². The lowest BCUT2D eigenvalue weighted by molar-refractivity contribution is 0.100. The van der Waals surface area contributed by atoms with Crippen LogP contribution in [0.1, 0.15) is 21.5 Å². The molecule has 33 heavy (non-hydrogen) atoms. The highest BCUT2D eigenvalue weighted by Crippen LogP contribution is 2.22. The highest BCUT2D eigenvalue weighted by Gasteiger charge is 2.15. The minimum absolute atomic E-state index is 0.0789. The molecule has 1 aliphatic rings. The third-order valence-corrected chi connectivity index (χ3v) is 5.75. The molecule has 0 atom stereocenters. The SMILES string of the molecule is CN1CCN(c2ccc(C(=O)N=C(N)c3ccc(OCc4ccccc4)cc3N)cc2)CC1. The summed E-state index contributed by atoms with van der Waals surface area (Å²) in [5.41, 5.74) is 15.8. The van der Waals surface area contributed by atoms with Gasteiger partial charge in [-0.15, -0.1) is 0 Å². The average molecular weight is 444 g/mol. The Morgan fingerprint density at radius 1 is 0.970 bits per heavy atom. The predicted octanol–water partition coefficient (Wildman–Crippen LogP) is 3.15. The van der Waals surface area contributed by atoms with Crippen LogP contribution in [0.25, 0.3) is 0 Å². The second-order valence-electron chi connectivity index (χ2n) is 8.16. The van der Waals surface area contributed by atoms with Gasteiger partial charge in [0.15, 0.2) is 0 Å². The van der Waals surface area contributed by atoms with Crippen LogP contribution in [-0.4, -0.2) is 49.9 Å². The average Bonchev–Trinajstić information content (AvgIpc) is 2.84. The summed E-state index contributed by atoms with van der Waals surface area (Å²) in [4.78, 5) is 21.3. The summed E-state index contributed by atoms with van der Waals surface area (Å²) in [6, 6.07) is 22.5. The molecule has 0 bridgehead atoms. The maximum absolute atomic E-state index is 12.6. The van der Waals surface area contributed by atoms with E-state index in [0.717, 1.165) is 37.4 Å². The molecule has 0 spiro atoms. The number of carbonyl (C=O) groups is 1. The lowest BCUT2D eigenvalue weighted by atomic mass is 10.1. The first-order valence-electron chi connectivity index (χ1n) is 11.0. The van der Waals surface area contributed by atoms with Gasteiger partial charge in [-0.3, -0.25) is 4.79 Å². The van der Waals surface area contributed by atoms with Crippen molar-refractivity contribution in [2.75, 3.05) is 43.9 Å². The normalized spacial score (nSPS) is 14.8. The van der Waals surface area contributed by atoms with Gasteiger partial charge in [0.2, 0.25) is 0 Å². The van der Waals surface area contributed by atoms with E-state index in [-0.39, 0.29) is 5.84 Å². The first kappa shape index (κ1) is 22.4. The Hall–Kier alpha value is -3.84. The van der Waals surface area contributed by atoms with Gasteiger partial charge in [0.05, 0.1) is 0 Å². The maximum Gasteiger partial charge on any atom is 0.278 e. The van der Waals surface area contributed by atoms with Gasteiger partial charge in [0, 0.05) is 54.7 Å². The van der Waals surface area contributed by atoms with Crippen LogP contribution in [0.2, 0.25) is 0 Å². The van der Waals surface area contributed by atoms with Crippen LogP contribution in [0.4, 0.5) is 11.4 Å². The molecule has 0 radical (unpaired) electrons. The van der Waals surface area contributed by atoms with Crippen molar-refractivity contribution in [2.24, 2.45) is 10.7 Å². The van der Waals surface area contributed by atoms with Gasteiger partial charge in [-0.1, -0.05) is 30.3 Å². The summed E-state index contributed by atoms with van der Waals surface area (Å²) >= 11 is 0. The van der Waals surface area contributed by atoms with E-state index in [2.05, 4.69) is 21.8 Å². The summed E-state index contributed by atoms with van der Waals surface area (Å²) in [6.45, 7) is 4.43. The van der Waals surface area contributed by atoms with Gasteiger partial charge in [-0.05, 0) is 49.0 Å². The summed E-state index contributed by atoms with van der Waals surface area (Å²) < 4.78 is 5.79. The van der Waals surface area contributed by atoms with E-state index in [1.165, 1.54) is 0 Å². The number of carbonyl (C=O) groups excluding carboxylic acids is 1. The number of rotatable bonds is 6. The quantitative estimate of drug-likeness (QED) is 0.345. The minimum atomic E-state index is -0.402. The number of amides is 1. The zero-order chi connectivity index (χ0) is 23.2. The van der Waals surface area contributed by atoms with Crippen molar-refractivity contribution in [3.8, 4) is 5.75 Å². The second-order valence-corrected chi connectivity index (χ2v) is 8.16. The highest BCUT2D eigenvalue weighted by atomic mass is 16.5. The van der Waals surface area contributed by atoms with Crippen molar-refractivity contribution in [1.82, 2.24) is 4.90 Å². The number of amidine groups is 1. The van der Waals surface area contributed by atoms with Crippen LogP contribution in [0, 0.1) is 0 Å². The van der Waals surface area contributed by atoms with Crippen LogP contribution in [0.15, 0.2) is 77.8 Å². The maximum atomic E-state index is 12.6. The first-order valence-corrected chi connectivity index (χ1v) is 11.0. The zero-order valence-electron chi connectivity index (χ0n) is 18.8. The minimum Gasteiger partial charge on any atom is -0.489 e. The molecule has 4 rings (SSSR count). The van der Waals surface area contributed by atoms with E-state index in [1.54, 1.807) is 30.3 Å². The summed E-state index contributed by atoms with van der Waals surface area (Å²) in [5.74, 6) is 0.301. The molecule has 1 saturated heterocycles. The van der Waals surface area contributed by atoms with E-state index >= 15 is 0 Å². The van der Waals surface area contributed by atoms with Crippen molar-refractivity contribution in [3.63, 3.8) is 0 Å². The van der Waals surface area contributed by atoms with E-state index in [4.69, 9.17) is 16.2 Å². The summed E-state index contributed by atoms with van der Waals surface area (Å²) in [5, 5.41) is 0. The number of ether oxygens (including phenoxy) is 1. The van der Waals surface area contributed by atoms with Gasteiger partial charge < -0.3 is 26.0 Å². The van der Waals surface area contributed by atoms with E-state index < -0.39 is 5.91 Å². The predicted molar refractivity (Wildman–Crippen MR) is 133 cm³/mol. The summed E-state index contributed by atoms with van der Waals surface area (Å²) in [6.07, 6.45) is 0. The number of aliphatic imine (C=N–C) groups is 1. The van der Waals surface area contributed by atoms with E-state index in [9.17, 15) is 4.79 Å². The Morgan fingerprint density at radius 2 is 1.67 bits per heavy atom. The number of anilines is 2. The number of nitrogens with two attached hydrogens (primary N) is 2. The lowest BCUT2D eigenvalue weighted by Crippen LogP contribution is -2.44. The molecule has 1 heterocycles. The number of benzene rings is 3. The number of hydrogen-bond donors (Lipinski definition) is 2. The standard InChI is InChI=1S/C26H29N5O2/c1-30-13-15-31(16-14-30)21-9-7-20(8-10-21)26(32)29-25(28)23-12-11-22(17-24(23)27)33-18-19-5-3-2-4-6-19/h2-12,17H,13-16,18,27H2,1H3,(H2,28,29,32). The molecule has 3 aromatic rings. The van der Waals surface area contributed by atoms with Gasteiger partial charge in [-0.25, -0.2) is 0 Å². The molecule has 1 amide bonds. The fourth-order valence-corrected chi connectivity index (χ4v) is 3.72. The number of hydrogen-bond acceptors (Lipinski definition) is 5. The van der Waals surface area contributed by atoms with Crippen LogP contribution < -0.4 is 21.1 Å². The third kappa shape index (κ3) is 5.70. The molecule has 0 aliphatic carbocycles. The van der Waals surface area contributed by atoms with Crippen molar-refractivity contribution in [3.05, 3.63) is 89.5 Å². The van der Waals surface area contributed by atoms with E-state index in [1.807, 2.05) is 42.5 Å². The molecule has 3 aromatic carbocycles. The lowest BCUT2D eigenvalue weighted by Gasteiger charge is -2.34. The summed E-state index contributed by atoms with van der Waals surface area (Å²) in [7, 11) is 2.12. The molecule has 7 heteroatoms. The van der Waals surface area contributed by atoms with Gasteiger partial charge in [0.1, 0.15) is 18.2 Å². The monoisotopic (exact) mass is 443 g/mol. The van der Waals surface area contributed by atoms with Crippen molar-refractivity contribution in [2.45, 2.75) is 6.61 Å². The first-order chi connectivity index (χ1) is 16.0. The van der Waals surface area contributed by atoms with Crippen LogP contribution in [0.5, 0.6) is 5.75 Å². The van der Waals surface area contributed by atoms with Crippen molar-refractivity contribution < 1.29 is 9.53 Å². The molecular formula is C26H29N5O2. The van der Waals surface area contributed by atoms with Crippen LogP contribution >= 0.6 is 0 Å². The Balaban J connectivity index is 1.40. The third-order valence-electron chi connectivity index (χ3n) is 5.75. The molecule has 1 aliphatic heterocycles. The molecule has 7 nitrogen and oxygen atoms in total. The molecule has 4 N–H and O–H groups in total. The molecule has 0 unspecified atom stereocenters. The van der Waals surface area contributed by atoms with Crippen LogP contribution in [-0.2, 0) is 6.61 Å². The molecule has 0 saturated carbocycles. The Kier molecular flexibility index (Phi) is 6.90. The largest absolute Gasteiger partial charge is 0.489 e. The fraction of sp³-hybridized carbons (Fsp3) is 0.231. The number of piperazine rings is 1. The zero-order valence-corrected chi connectivity index (χ0v) is 18.8. The number of nitrogen functional groups attached to an aromatic ring is 1. The Morgan fingerprint density at radius 3 is 2.33 bits per heavy atom. The fourth-order valence-electron chi connectivity index (χ4n) is 3.72. The van der Waals surface area contributed by atoms with Crippen LogP contribution in [0.3, 0.4) is 0 Å². The van der Waals surface area contributed by atoms with Gasteiger partial charge >= 0.3 is 0 Å². The van der Waals surface area contributed by atoms with Crippen molar-refractivity contribution >= 4 is 23.1 Å². The van der Waals surface area contributed by atoms with E-state index in [0.29, 0.717) is 29.2 Å². The van der Waals surface area contributed by atoms with Gasteiger partial charge in [-0.2, -0.15) is 4.99 Å². The molecule has 170 valence electrons. The highest BCUT2D eigenvalue weighted by molar-refractivity contribution is 6.11. The number of likely N-dealkylation sites (N-methyl/N-ethyl adjacent to an activating group) is 1. The van der Waals surface area contributed by atoms with Gasteiger partial charge in [0.25, 0.3) is 5.91 Å². The smallest absolute Gasteiger partial charge is 0.278 e. The Bertz CT molecular complexity index is 1120. The second kappa shape index (κ2) is 10.2. The Labute approximate surface area is 194 Å². The molecule has 0 aromatic heterocycles.